The maximum atomic E-state index is 12.6. The van der Waals surface area contributed by atoms with Crippen LogP contribution >= 0.6 is 0 Å². The second-order valence-electron chi connectivity index (χ2n) is 6.46. The summed E-state index contributed by atoms with van der Waals surface area (Å²) >= 11 is 0. The highest BCUT2D eigenvalue weighted by Gasteiger charge is 2.23. The molecule has 2 aromatic rings. The molecule has 2 aromatic carbocycles. The number of ether oxygens (including phenoxy) is 1. The molecule has 0 saturated heterocycles. The molecule has 0 unspecified atom stereocenters. The van der Waals surface area contributed by atoms with E-state index in [0.29, 0.717) is 6.61 Å². The molecule has 0 aliphatic carbocycles. The normalized spacial score (nSPS) is 15.8. The molecule has 1 N–H and O–H groups in total. The molecular formula is C22H26N2O2. The van der Waals surface area contributed by atoms with Crippen LogP contribution < -0.4 is 10.1 Å². The van der Waals surface area contributed by atoms with Gasteiger partial charge in [0.15, 0.2) is 0 Å². The highest BCUT2D eigenvalue weighted by atomic mass is 16.5. The van der Waals surface area contributed by atoms with Crippen molar-refractivity contribution >= 4 is 17.2 Å². The SMILES string of the molecule is CCOc1ccc(NC(=O)[C@@H](C)N2CC=C(c3ccccc3)CC2)cc1. The highest BCUT2D eigenvalue weighted by Crippen LogP contribution is 2.23. The summed E-state index contributed by atoms with van der Waals surface area (Å²) in [5.74, 6) is 0.832. The van der Waals surface area contributed by atoms with E-state index in [1.54, 1.807) is 0 Å². The van der Waals surface area contributed by atoms with Crippen LogP contribution in [-0.4, -0.2) is 36.5 Å². The van der Waals surface area contributed by atoms with Gasteiger partial charge in [0, 0.05) is 18.8 Å². The lowest BCUT2D eigenvalue weighted by atomic mass is 9.99. The van der Waals surface area contributed by atoms with Gasteiger partial charge in [-0.25, -0.2) is 0 Å². The van der Waals surface area contributed by atoms with Crippen molar-refractivity contribution < 1.29 is 9.53 Å². The van der Waals surface area contributed by atoms with E-state index in [1.807, 2.05) is 44.2 Å². The van der Waals surface area contributed by atoms with Crippen LogP contribution in [0, 0.1) is 0 Å². The minimum absolute atomic E-state index is 0.0192. The predicted octanol–water partition coefficient (Wildman–Crippen LogP) is 4.20. The van der Waals surface area contributed by atoms with Gasteiger partial charge < -0.3 is 10.1 Å². The average Bonchev–Trinajstić information content (AvgIpc) is 2.70. The molecule has 4 heteroatoms. The van der Waals surface area contributed by atoms with Gasteiger partial charge in [-0.15, -0.1) is 0 Å². The Labute approximate surface area is 155 Å². The number of nitrogens with zero attached hydrogens (tertiary/aromatic N) is 1. The third-order valence-corrected chi connectivity index (χ3v) is 4.75. The second kappa shape index (κ2) is 8.68. The Hall–Kier alpha value is -2.59. The average molecular weight is 350 g/mol. The zero-order valence-electron chi connectivity index (χ0n) is 15.4. The lowest BCUT2D eigenvalue weighted by Crippen LogP contribution is -2.44. The number of hydrogen-bond acceptors (Lipinski definition) is 3. The topological polar surface area (TPSA) is 41.6 Å². The fraction of sp³-hybridized carbons (Fsp3) is 0.318. The van der Waals surface area contributed by atoms with E-state index in [-0.39, 0.29) is 11.9 Å². The van der Waals surface area contributed by atoms with Gasteiger partial charge in [0.1, 0.15) is 5.75 Å². The Morgan fingerprint density at radius 3 is 2.50 bits per heavy atom. The summed E-state index contributed by atoms with van der Waals surface area (Å²) in [6.07, 6.45) is 3.20. The lowest BCUT2D eigenvalue weighted by Gasteiger charge is -2.31. The molecule has 1 amide bonds. The molecular weight excluding hydrogens is 324 g/mol. The van der Waals surface area contributed by atoms with Gasteiger partial charge in [0.2, 0.25) is 5.91 Å². The van der Waals surface area contributed by atoms with Gasteiger partial charge in [0.25, 0.3) is 0 Å². The maximum absolute atomic E-state index is 12.6. The number of nitrogens with one attached hydrogen (secondary N) is 1. The minimum Gasteiger partial charge on any atom is -0.494 e. The molecule has 0 fully saturated rings. The molecule has 1 aliphatic rings. The second-order valence-corrected chi connectivity index (χ2v) is 6.46. The predicted molar refractivity (Wildman–Crippen MR) is 106 cm³/mol. The largest absolute Gasteiger partial charge is 0.494 e. The Morgan fingerprint density at radius 2 is 1.88 bits per heavy atom. The monoisotopic (exact) mass is 350 g/mol. The van der Waals surface area contributed by atoms with E-state index in [1.165, 1.54) is 11.1 Å². The van der Waals surface area contributed by atoms with Crippen molar-refractivity contribution in [2.45, 2.75) is 26.3 Å². The Balaban J connectivity index is 1.56. The zero-order chi connectivity index (χ0) is 18.4. The molecule has 3 rings (SSSR count). The van der Waals surface area contributed by atoms with Gasteiger partial charge >= 0.3 is 0 Å². The molecule has 0 bridgehead atoms. The van der Waals surface area contributed by atoms with Crippen LogP contribution in [0.25, 0.3) is 5.57 Å². The molecule has 1 aliphatic heterocycles. The molecule has 0 saturated carbocycles. The summed E-state index contributed by atoms with van der Waals surface area (Å²) in [6, 6.07) is 17.8. The van der Waals surface area contributed by atoms with E-state index in [0.717, 1.165) is 30.9 Å². The first-order valence-corrected chi connectivity index (χ1v) is 9.19. The van der Waals surface area contributed by atoms with Gasteiger partial charge in [-0.1, -0.05) is 36.4 Å². The van der Waals surface area contributed by atoms with Gasteiger partial charge in [0.05, 0.1) is 12.6 Å². The molecule has 1 heterocycles. The molecule has 4 nitrogen and oxygen atoms in total. The zero-order valence-corrected chi connectivity index (χ0v) is 15.4. The summed E-state index contributed by atoms with van der Waals surface area (Å²) in [5.41, 5.74) is 3.43. The van der Waals surface area contributed by atoms with Crippen LogP contribution in [0.4, 0.5) is 5.69 Å². The van der Waals surface area contributed by atoms with Gasteiger partial charge in [-0.2, -0.15) is 0 Å². The summed E-state index contributed by atoms with van der Waals surface area (Å²) in [7, 11) is 0. The Morgan fingerprint density at radius 1 is 1.15 bits per heavy atom. The summed E-state index contributed by atoms with van der Waals surface area (Å²) in [6.45, 7) is 6.23. The quantitative estimate of drug-likeness (QED) is 0.849. The molecule has 0 radical (unpaired) electrons. The first-order valence-electron chi connectivity index (χ1n) is 9.19. The number of anilines is 1. The number of carbonyl (C=O) groups is 1. The summed E-state index contributed by atoms with van der Waals surface area (Å²) in [5, 5.41) is 2.99. The van der Waals surface area contributed by atoms with Crippen molar-refractivity contribution in [2.75, 3.05) is 25.0 Å². The highest BCUT2D eigenvalue weighted by molar-refractivity contribution is 5.94. The third kappa shape index (κ3) is 4.52. The fourth-order valence-corrected chi connectivity index (χ4v) is 3.16. The van der Waals surface area contributed by atoms with Gasteiger partial charge in [-0.3, -0.25) is 9.69 Å². The Kier molecular flexibility index (Phi) is 6.08. The summed E-state index contributed by atoms with van der Waals surface area (Å²) in [4.78, 5) is 14.8. The molecule has 136 valence electrons. The maximum Gasteiger partial charge on any atom is 0.241 e. The van der Waals surface area contributed by atoms with E-state index in [4.69, 9.17) is 4.74 Å². The summed E-state index contributed by atoms with van der Waals surface area (Å²) < 4.78 is 5.43. The van der Waals surface area contributed by atoms with Crippen molar-refractivity contribution in [3.05, 3.63) is 66.2 Å². The van der Waals surface area contributed by atoms with E-state index in [9.17, 15) is 4.79 Å². The van der Waals surface area contributed by atoms with Crippen LogP contribution in [-0.2, 0) is 4.79 Å². The van der Waals surface area contributed by atoms with E-state index >= 15 is 0 Å². The van der Waals surface area contributed by atoms with Gasteiger partial charge in [-0.05, 0) is 55.7 Å². The Bertz CT molecular complexity index is 753. The third-order valence-electron chi connectivity index (χ3n) is 4.75. The number of hydrogen-bond donors (Lipinski definition) is 1. The van der Waals surface area contributed by atoms with Crippen molar-refractivity contribution in [1.82, 2.24) is 4.90 Å². The van der Waals surface area contributed by atoms with Crippen molar-refractivity contribution in [1.29, 1.82) is 0 Å². The lowest BCUT2D eigenvalue weighted by molar-refractivity contribution is -0.120. The van der Waals surface area contributed by atoms with Crippen LogP contribution in [0.1, 0.15) is 25.8 Å². The number of rotatable bonds is 6. The molecule has 0 aromatic heterocycles. The molecule has 1 atom stereocenters. The van der Waals surface area contributed by atoms with E-state index in [2.05, 4.69) is 40.6 Å². The van der Waals surface area contributed by atoms with Crippen LogP contribution in [0.3, 0.4) is 0 Å². The smallest absolute Gasteiger partial charge is 0.241 e. The van der Waals surface area contributed by atoms with Crippen molar-refractivity contribution in [3.63, 3.8) is 0 Å². The first-order chi connectivity index (χ1) is 12.7. The number of benzene rings is 2. The minimum atomic E-state index is -0.171. The molecule has 0 spiro atoms. The van der Waals surface area contributed by atoms with Crippen LogP contribution in [0.15, 0.2) is 60.7 Å². The first kappa shape index (κ1) is 18.2. The van der Waals surface area contributed by atoms with Crippen molar-refractivity contribution in [2.24, 2.45) is 0 Å². The number of amides is 1. The molecule has 26 heavy (non-hydrogen) atoms. The van der Waals surface area contributed by atoms with Crippen LogP contribution in [0.5, 0.6) is 5.75 Å². The standard InChI is InChI=1S/C22H26N2O2/c1-3-26-21-11-9-20(10-12-21)23-22(25)17(2)24-15-13-19(14-16-24)18-7-5-4-6-8-18/h4-13,17H,3,14-16H2,1-2H3,(H,23,25)/t17-/m1/s1. The fourth-order valence-electron chi connectivity index (χ4n) is 3.16. The number of carbonyl (C=O) groups excluding carboxylic acids is 1. The van der Waals surface area contributed by atoms with Crippen LogP contribution in [0.2, 0.25) is 0 Å². The van der Waals surface area contributed by atoms with Crippen molar-refractivity contribution in [3.8, 4) is 5.75 Å². The van der Waals surface area contributed by atoms with E-state index < -0.39 is 0 Å².